The molecule has 0 aliphatic heterocycles. The van der Waals surface area contributed by atoms with Crippen LogP contribution in [0.25, 0.3) is 0 Å². The summed E-state index contributed by atoms with van der Waals surface area (Å²) in [5.41, 5.74) is 3.54. The van der Waals surface area contributed by atoms with E-state index in [0.717, 1.165) is 35.6 Å². The van der Waals surface area contributed by atoms with Crippen LogP contribution in [0.15, 0.2) is 4.52 Å². The Morgan fingerprint density at radius 1 is 1.33 bits per heavy atom. The first-order chi connectivity index (χ1) is 8.67. The molecule has 0 aliphatic rings. The molecule has 1 N–H and O–H groups in total. The number of aliphatic hydroxyl groups is 1. The summed E-state index contributed by atoms with van der Waals surface area (Å²) >= 11 is 0. The number of rotatable bonds is 5. The van der Waals surface area contributed by atoms with Crippen LogP contribution in [0, 0.1) is 13.8 Å². The molecule has 2 aromatic heterocycles. The Hall–Kier alpha value is -1.69. The molecule has 2 aromatic rings. The number of aliphatic hydroxyl groups excluding tert-OH is 1. The van der Waals surface area contributed by atoms with Gasteiger partial charge in [0.15, 0.2) is 0 Å². The third-order valence-corrected chi connectivity index (χ3v) is 3.04. The van der Waals surface area contributed by atoms with Crippen molar-refractivity contribution in [2.24, 2.45) is 0 Å². The van der Waals surface area contributed by atoms with E-state index < -0.39 is 0 Å². The van der Waals surface area contributed by atoms with Gasteiger partial charge in [0, 0.05) is 5.56 Å². The smallest absolute Gasteiger partial charge is 0.138 e. The summed E-state index contributed by atoms with van der Waals surface area (Å²) in [5, 5.41) is 21.3. The zero-order chi connectivity index (χ0) is 13.1. The molecular weight excluding hydrogens is 232 g/mol. The van der Waals surface area contributed by atoms with Crippen LogP contribution < -0.4 is 0 Å². The minimum atomic E-state index is -0.0725. The Balaban J connectivity index is 2.31. The van der Waals surface area contributed by atoms with Crippen LogP contribution in [0.3, 0.4) is 0 Å². The molecule has 18 heavy (non-hydrogen) atoms. The van der Waals surface area contributed by atoms with Crippen LogP contribution in [-0.2, 0) is 19.6 Å². The van der Waals surface area contributed by atoms with Crippen molar-refractivity contribution in [1.29, 1.82) is 0 Å². The molecule has 0 atom stereocenters. The van der Waals surface area contributed by atoms with E-state index >= 15 is 0 Å². The molecule has 6 heteroatoms. The fourth-order valence-electron chi connectivity index (χ4n) is 2.01. The van der Waals surface area contributed by atoms with Gasteiger partial charge in [-0.2, -0.15) is 0 Å². The predicted molar refractivity (Wildman–Crippen MR) is 65.0 cm³/mol. The van der Waals surface area contributed by atoms with Gasteiger partial charge < -0.3 is 9.63 Å². The lowest BCUT2D eigenvalue weighted by Gasteiger charge is -2.06. The van der Waals surface area contributed by atoms with E-state index in [1.54, 1.807) is 0 Å². The Bertz CT molecular complexity index is 511. The van der Waals surface area contributed by atoms with Gasteiger partial charge in [-0.3, -0.25) is 0 Å². The molecule has 0 aromatic carbocycles. The van der Waals surface area contributed by atoms with Gasteiger partial charge in [0.05, 0.1) is 24.5 Å². The molecule has 0 saturated carbocycles. The molecule has 0 aliphatic carbocycles. The van der Waals surface area contributed by atoms with E-state index in [-0.39, 0.29) is 6.61 Å². The zero-order valence-corrected chi connectivity index (χ0v) is 11.0. The normalized spacial score (nSPS) is 11.1. The second kappa shape index (κ2) is 5.30. The summed E-state index contributed by atoms with van der Waals surface area (Å²) in [4.78, 5) is 0. The average molecular weight is 250 g/mol. The molecule has 6 nitrogen and oxygen atoms in total. The van der Waals surface area contributed by atoms with Crippen molar-refractivity contribution in [1.82, 2.24) is 20.2 Å². The largest absolute Gasteiger partial charge is 0.390 e. The van der Waals surface area contributed by atoms with Crippen LogP contribution >= 0.6 is 0 Å². The van der Waals surface area contributed by atoms with E-state index in [9.17, 15) is 5.11 Å². The number of aryl methyl sites for hydroxylation is 2. The molecule has 2 rings (SSSR count). The molecule has 0 radical (unpaired) electrons. The topological polar surface area (TPSA) is 77.0 Å². The van der Waals surface area contributed by atoms with Gasteiger partial charge in [-0.25, -0.2) is 4.68 Å². The number of hydrogen-bond donors (Lipinski definition) is 1. The van der Waals surface area contributed by atoms with Crippen molar-refractivity contribution < 1.29 is 9.63 Å². The first-order valence-corrected chi connectivity index (χ1v) is 6.11. The minimum absolute atomic E-state index is 0.0725. The molecule has 0 fully saturated rings. The van der Waals surface area contributed by atoms with Gasteiger partial charge in [-0.1, -0.05) is 23.7 Å². The van der Waals surface area contributed by atoms with Crippen LogP contribution in [0.2, 0.25) is 0 Å². The average Bonchev–Trinajstić information content (AvgIpc) is 2.88. The molecule has 0 amide bonds. The van der Waals surface area contributed by atoms with E-state index in [4.69, 9.17) is 4.52 Å². The lowest BCUT2D eigenvalue weighted by molar-refractivity contribution is 0.275. The molecular formula is C12H18N4O2. The predicted octanol–water partition coefficient (Wildman–Crippen LogP) is 1.38. The highest BCUT2D eigenvalue weighted by Crippen LogP contribution is 2.16. The van der Waals surface area contributed by atoms with Gasteiger partial charge >= 0.3 is 0 Å². The molecule has 0 saturated heterocycles. The number of aromatic nitrogens is 4. The molecule has 2 heterocycles. The van der Waals surface area contributed by atoms with Gasteiger partial charge in [-0.05, 0) is 20.3 Å². The maximum Gasteiger partial charge on any atom is 0.138 e. The quantitative estimate of drug-likeness (QED) is 0.867. The van der Waals surface area contributed by atoms with Crippen LogP contribution in [0.5, 0.6) is 0 Å². The van der Waals surface area contributed by atoms with Crippen molar-refractivity contribution in [3.63, 3.8) is 0 Å². The highest BCUT2D eigenvalue weighted by atomic mass is 16.5. The molecule has 0 bridgehead atoms. The van der Waals surface area contributed by atoms with Gasteiger partial charge in [0.2, 0.25) is 0 Å². The first-order valence-electron chi connectivity index (χ1n) is 6.11. The highest BCUT2D eigenvalue weighted by Gasteiger charge is 2.15. The Morgan fingerprint density at radius 3 is 2.67 bits per heavy atom. The maximum absolute atomic E-state index is 9.25. The van der Waals surface area contributed by atoms with E-state index in [1.807, 2.05) is 18.5 Å². The third-order valence-electron chi connectivity index (χ3n) is 3.04. The van der Waals surface area contributed by atoms with Crippen molar-refractivity contribution in [2.45, 2.75) is 46.8 Å². The Labute approximate surface area is 106 Å². The van der Waals surface area contributed by atoms with Gasteiger partial charge in [0.25, 0.3) is 0 Å². The van der Waals surface area contributed by atoms with E-state index in [1.165, 1.54) is 0 Å². The fraction of sp³-hybridized carbons (Fsp3) is 0.583. The van der Waals surface area contributed by atoms with Crippen molar-refractivity contribution >= 4 is 0 Å². The molecule has 0 unspecified atom stereocenters. The fourth-order valence-corrected chi connectivity index (χ4v) is 2.01. The summed E-state index contributed by atoms with van der Waals surface area (Å²) < 4.78 is 6.96. The van der Waals surface area contributed by atoms with Gasteiger partial charge in [0.1, 0.15) is 11.5 Å². The van der Waals surface area contributed by atoms with Crippen LogP contribution in [0.4, 0.5) is 0 Å². The second-order valence-corrected chi connectivity index (χ2v) is 4.35. The summed E-state index contributed by atoms with van der Waals surface area (Å²) in [7, 11) is 0. The highest BCUT2D eigenvalue weighted by molar-refractivity contribution is 5.22. The Kier molecular flexibility index (Phi) is 3.76. The maximum atomic E-state index is 9.25. The second-order valence-electron chi connectivity index (χ2n) is 4.35. The zero-order valence-electron chi connectivity index (χ0n) is 11.0. The SMILES string of the molecule is CCCc1c(CO)nnn1Cc1c(C)noc1C. The minimum Gasteiger partial charge on any atom is -0.390 e. The van der Waals surface area contributed by atoms with E-state index in [0.29, 0.717) is 12.2 Å². The Morgan fingerprint density at radius 2 is 2.11 bits per heavy atom. The van der Waals surface area contributed by atoms with Crippen molar-refractivity contribution in [3.8, 4) is 0 Å². The monoisotopic (exact) mass is 250 g/mol. The standard InChI is InChI=1S/C12H18N4O2/c1-4-5-12-11(7-17)13-15-16(12)6-10-8(2)14-18-9(10)3/h17H,4-7H2,1-3H3. The molecule has 0 spiro atoms. The third kappa shape index (κ3) is 2.28. The summed E-state index contributed by atoms with van der Waals surface area (Å²) in [6, 6.07) is 0. The van der Waals surface area contributed by atoms with Crippen LogP contribution in [0.1, 0.15) is 41.8 Å². The van der Waals surface area contributed by atoms with Crippen molar-refractivity contribution in [2.75, 3.05) is 0 Å². The summed E-state index contributed by atoms with van der Waals surface area (Å²) in [5.74, 6) is 0.802. The van der Waals surface area contributed by atoms with Gasteiger partial charge in [-0.15, -0.1) is 5.10 Å². The van der Waals surface area contributed by atoms with E-state index in [2.05, 4.69) is 22.4 Å². The number of hydrogen-bond acceptors (Lipinski definition) is 5. The molecule has 98 valence electrons. The van der Waals surface area contributed by atoms with Crippen LogP contribution in [-0.4, -0.2) is 25.3 Å². The van der Waals surface area contributed by atoms with Crippen molar-refractivity contribution in [3.05, 3.63) is 28.4 Å². The number of nitrogens with zero attached hydrogens (tertiary/aromatic N) is 4. The lowest BCUT2D eigenvalue weighted by Crippen LogP contribution is -2.08. The lowest BCUT2D eigenvalue weighted by atomic mass is 10.2. The summed E-state index contributed by atoms with van der Waals surface area (Å²) in [6.45, 7) is 6.41. The summed E-state index contributed by atoms with van der Waals surface area (Å²) in [6.07, 6.45) is 1.84. The first kappa shape index (κ1) is 12.8.